The minimum atomic E-state index is -0.733. The summed E-state index contributed by atoms with van der Waals surface area (Å²) >= 11 is 0. The lowest BCUT2D eigenvalue weighted by Crippen LogP contribution is -2.32. The molecular formula is C32H51NO12. The lowest BCUT2D eigenvalue weighted by molar-refractivity contribution is -0.386. The van der Waals surface area contributed by atoms with Gasteiger partial charge in [0.05, 0.1) is 60.9 Å². The van der Waals surface area contributed by atoms with E-state index in [1.54, 1.807) is 7.11 Å². The summed E-state index contributed by atoms with van der Waals surface area (Å²) in [5.41, 5.74) is -1.14. The molecular weight excluding hydrogens is 590 g/mol. The predicted molar refractivity (Wildman–Crippen MR) is 164 cm³/mol. The van der Waals surface area contributed by atoms with Crippen LogP contribution in [0, 0.1) is 20.9 Å². The average molecular weight is 642 g/mol. The van der Waals surface area contributed by atoms with Crippen molar-refractivity contribution in [2.45, 2.75) is 85.5 Å². The van der Waals surface area contributed by atoms with Crippen LogP contribution in [0.4, 0.5) is 5.69 Å². The van der Waals surface area contributed by atoms with E-state index in [0.29, 0.717) is 50.2 Å². The lowest BCUT2D eigenvalue weighted by atomic mass is 9.79. The highest BCUT2D eigenvalue weighted by molar-refractivity contribution is 5.77. The Labute approximate surface area is 266 Å². The molecule has 1 saturated heterocycles. The molecule has 2 rings (SSSR count). The first-order chi connectivity index (χ1) is 21.5. The third kappa shape index (κ3) is 12.7. The van der Waals surface area contributed by atoms with Crippen LogP contribution < -0.4 is 9.47 Å². The quantitative estimate of drug-likeness (QED) is 0.0691. The van der Waals surface area contributed by atoms with E-state index < -0.39 is 15.8 Å². The van der Waals surface area contributed by atoms with Gasteiger partial charge in [-0.2, -0.15) is 0 Å². The Morgan fingerprint density at radius 1 is 0.956 bits per heavy atom. The second-order valence-corrected chi connectivity index (χ2v) is 11.9. The van der Waals surface area contributed by atoms with Gasteiger partial charge in [-0.1, -0.05) is 13.3 Å². The van der Waals surface area contributed by atoms with Crippen molar-refractivity contribution in [3.8, 4) is 11.5 Å². The van der Waals surface area contributed by atoms with E-state index in [1.165, 1.54) is 19.2 Å². The number of carbonyl (C=O) groups is 2. The number of nitro benzene ring substituents is 1. The Balaban J connectivity index is 1.74. The zero-order valence-corrected chi connectivity index (χ0v) is 27.7. The highest BCUT2D eigenvalue weighted by Gasteiger charge is 2.35. The number of carbonyl (C=O) groups excluding carboxylic acids is 2. The summed E-state index contributed by atoms with van der Waals surface area (Å²) in [6.07, 6.45) is 4.76. The molecule has 45 heavy (non-hydrogen) atoms. The van der Waals surface area contributed by atoms with Crippen molar-refractivity contribution >= 4 is 17.6 Å². The largest absolute Gasteiger partial charge is 0.493 e. The van der Waals surface area contributed by atoms with Crippen molar-refractivity contribution in [2.75, 3.05) is 60.5 Å². The minimum absolute atomic E-state index is 0.0122. The van der Waals surface area contributed by atoms with Gasteiger partial charge in [0.1, 0.15) is 19.8 Å². The van der Waals surface area contributed by atoms with Crippen molar-refractivity contribution in [1.82, 2.24) is 0 Å². The zero-order chi connectivity index (χ0) is 33.3. The summed E-state index contributed by atoms with van der Waals surface area (Å²) in [5, 5.41) is 11.7. The third-order valence-electron chi connectivity index (χ3n) is 7.95. The van der Waals surface area contributed by atoms with Crippen LogP contribution in [0.15, 0.2) is 12.1 Å². The molecule has 0 radical (unpaired) electrons. The minimum Gasteiger partial charge on any atom is -0.493 e. The molecule has 256 valence electrons. The maximum atomic E-state index is 12.7. The van der Waals surface area contributed by atoms with Gasteiger partial charge >= 0.3 is 11.9 Å². The van der Waals surface area contributed by atoms with Gasteiger partial charge in [0.25, 0.3) is 5.69 Å². The number of nitro groups is 1. The molecule has 0 bridgehead atoms. The summed E-state index contributed by atoms with van der Waals surface area (Å²) in [5.74, 6) is -0.0603. The lowest BCUT2D eigenvalue weighted by Gasteiger charge is -2.28. The summed E-state index contributed by atoms with van der Waals surface area (Å²) in [4.78, 5) is 36.5. The number of esters is 2. The van der Waals surface area contributed by atoms with Crippen molar-refractivity contribution < 1.29 is 52.4 Å². The molecule has 0 aliphatic carbocycles. The molecule has 1 aliphatic heterocycles. The van der Waals surface area contributed by atoms with E-state index in [2.05, 4.69) is 0 Å². The maximum Gasteiger partial charge on any atom is 0.311 e. The standard InChI is InChI=1S/C32H51NO12/c1-7-32(4,30(35)44-18-15-38-5)13-10-12-31(2,3)29(34)43-20-17-40-16-19-41-27-22-25(33(36)37)24(21-26(27)39-6)23-45-28-11-8-9-14-42-28/h21-22,28H,7-20,23H2,1-6H3. The van der Waals surface area contributed by atoms with E-state index >= 15 is 0 Å². The zero-order valence-electron chi connectivity index (χ0n) is 27.7. The van der Waals surface area contributed by atoms with Crippen LogP contribution in [0.25, 0.3) is 0 Å². The van der Waals surface area contributed by atoms with Gasteiger partial charge in [-0.15, -0.1) is 0 Å². The summed E-state index contributed by atoms with van der Waals surface area (Å²) in [7, 11) is 3.01. The van der Waals surface area contributed by atoms with Crippen molar-refractivity contribution in [2.24, 2.45) is 10.8 Å². The van der Waals surface area contributed by atoms with E-state index in [1.807, 2.05) is 27.7 Å². The van der Waals surface area contributed by atoms with Crippen LogP contribution in [0.2, 0.25) is 0 Å². The first-order valence-corrected chi connectivity index (χ1v) is 15.6. The van der Waals surface area contributed by atoms with Gasteiger partial charge in [0.15, 0.2) is 17.8 Å². The molecule has 13 heteroatoms. The molecule has 1 aliphatic rings. The van der Waals surface area contributed by atoms with Crippen LogP contribution in [-0.2, 0) is 44.6 Å². The van der Waals surface area contributed by atoms with Gasteiger partial charge in [-0.25, -0.2) is 0 Å². The molecule has 0 amide bonds. The Morgan fingerprint density at radius 3 is 2.31 bits per heavy atom. The van der Waals surface area contributed by atoms with E-state index in [0.717, 1.165) is 19.3 Å². The van der Waals surface area contributed by atoms with Gasteiger partial charge < -0.3 is 37.9 Å². The monoisotopic (exact) mass is 641 g/mol. The van der Waals surface area contributed by atoms with Gasteiger partial charge in [-0.3, -0.25) is 19.7 Å². The molecule has 0 aromatic heterocycles. The van der Waals surface area contributed by atoms with Gasteiger partial charge in [-0.05, 0) is 65.4 Å². The number of rotatable bonds is 22. The average Bonchev–Trinajstić information content (AvgIpc) is 3.03. The summed E-state index contributed by atoms with van der Waals surface area (Å²) in [6, 6.07) is 2.85. The highest BCUT2D eigenvalue weighted by Crippen LogP contribution is 2.36. The smallest absolute Gasteiger partial charge is 0.311 e. The maximum absolute atomic E-state index is 12.7. The van der Waals surface area contributed by atoms with Crippen molar-refractivity contribution in [1.29, 1.82) is 0 Å². The van der Waals surface area contributed by atoms with Crippen molar-refractivity contribution in [3.05, 3.63) is 27.8 Å². The molecule has 1 fully saturated rings. The van der Waals surface area contributed by atoms with E-state index in [-0.39, 0.29) is 69.3 Å². The first-order valence-electron chi connectivity index (χ1n) is 15.6. The van der Waals surface area contributed by atoms with Crippen LogP contribution in [-0.4, -0.2) is 83.6 Å². The molecule has 0 saturated carbocycles. The normalized spacial score (nSPS) is 16.4. The Hall–Kier alpha value is -3.00. The Bertz CT molecular complexity index is 1070. The summed E-state index contributed by atoms with van der Waals surface area (Å²) < 4.78 is 43.6. The van der Waals surface area contributed by atoms with Crippen LogP contribution in [0.5, 0.6) is 11.5 Å². The molecule has 1 aromatic rings. The number of hydrogen-bond acceptors (Lipinski definition) is 12. The van der Waals surface area contributed by atoms with E-state index in [4.69, 9.17) is 37.9 Å². The molecule has 1 aromatic carbocycles. The molecule has 13 nitrogen and oxygen atoms in total. The molecule has 0 N–H and O–H groups in total. The number of benzene rings is 1. The second kappa shape index (κ2) is 19.5. The Morgan fingerprint density at radius 2 is 1.67 bits per heavy atom. The molecule has 2 unspecified atom stereocenters. The molecule has 1 heterocycles. The van der Waals surface area contributed by atoms with Gasteiger partial charge in [0.2, 0.25) is 0 Å². The SMILES string of the molecule is CCC(C)(CCCC(C)(C)C(=O)OCCOCCOc1cc([N+](=O)[O-])c(COC2CCCCO2)cc1OC)C(=O)OCCOC. The Kier molecular flexibility index (Phi) is 16.5. The van der Waals surface area contributed by atoms with Crippen molar-refractivity contribution in [3.63, 3.8) is 0 Å². The first kappa shape index (κ1) is 38.2. The van der Waals surface area contributed by atoms with Gasteiger partial charge in [0, 0.05) is 13.7 Å². The fraction of sp³-hybridized carbons (Fsp3) is 0.750. The topological polar surface area (TPSA) is 151 Å². The fourth-order valence-corrected chi connectivity index (χ4v) is 4.71. The fourth-order valence-electron chi connectivity index (χ4n) is 4.71. The number of ether oxygens (including phenoxy) is 8. The van der Waals surface area contributed by atoms with E-state index in [9.17, 15) is 19.7 Å². The van der Waals surface area contributed by atoms with Crippen LogP contribution in [0.1, 0.15) is 78.2 Å². The van der Waals surface area contributed by atoms with Crippen LogP contribution in [0.3, 0.4) is 0 Å². The predicted octanol–water partition coefficient (Wildman–Crippen LogP) is 5.39. The summed E-state index contributed by atoms with van der Waals surface area (Å²) in [6.45, 7) is 9.14. The third-order valence-corrected chi connectivity index (χ3v) is 7.95. The number of nitrogens with zero attached hydrogens (tertiary/aromatic N) is 1. The highest BCUT2D eigenvalue weighted by atomic mass is 16.7. The van der Waals surface area contributed by atoms with Crippen LogP contribution >= 0.6 is 0 Å². The molecule has 2 atom stereocenters. The second-order valence-electron chi connectivity index (χ2n) is 11.9. The number of methoxy groups -OCH3 is 2. The number of hydrogen-bond donors (Lipinski definition) is 0. The molecule has 0 spiro atoms.